The molecule has 0 radical (unpaired) electrons. The van der Waals surface area contributed by atoms with Gasteiger partial charge in [-0.2, -0.15) is 4.31 Å². The molecule has 1 atom stereocenters. The molecule has 0 aliphatic carbocycles. The van der Waals surface area contributed by atoms with Crippen LogP contribution in [0.4, 0.5) is 5.69 Å². The number of amides is 2. The maximum Gasteiger partial charge on any atom is 0.279 e. The molecule has 9 heteroatoms. The molecule has 1 aliphatic heterocycles. The maximum absolute atomic E-state index is 12.9. The zero-order valence-corrected chi connectivity index (χ0v) is 17.6. The fraction of sp³-hybridized carbons (Fsp3) is 0.579. The van der Waals surface area contributed by atoms with Crippen LogP contribution in [0.2, 0.25) is 0 Å². The number of primary amides is 1. The van der Waals surface area contributed by atoms with Gasteiger partial charge in [-0.3, -0.25) is 9.59 Å². The van der Waals surface area contributed by atoms with E-state index in [0.717, 1.165) is 29.7 Å². The molecule has 0 bridgehead atoms. The minimum atomic E-state index is -3.57. The van der Waals surface area contributed by atoms with Gasteiger partial charge in [0.1, 0.15) is 0 Å². The van der Waals surface area contributed by atoms with E-state index >= 15 is 0 Å². The highest BCUT2D eigenvalue weighted by Gasteiger charge is 2.27. The van der Waals surface area contributed by atoms with E-state index < -0.39 is 15.9 Å². The lowest BCUT2D eigenvalue weighted by molar-refractivity contribution is -0.905. The molecular weight excluding hydrogens is 380 g/mol. The number of nitrogens with one attached hydrogen (secondary N) is 2. The summed E-state index contributed by atoms with van der Waals surface area (Å²) in [5.41, 5.74) is 6.49. The van der Waals surface area contributed by atoms with Crippen molar-refractivity contribution < 1.29 is 22.9 Å². The lowest BCUT2D eigenvalue weighted by Crippen LogP contribution is -3.17. The molecule has 2 rings (SSSR count). The predicted octanol–water partition coefficient (Wildman–Crippen LogP) is -0.113. The predicted molar refractivity (Wildman–Crippen MR) is 107 cm³/mol. The maximum atomic E-state index is 12.9. The first-order valence-electron chi connectivity index (χ1n) is 9.65. The van der Waals surface area contributed by atoms with Crippen LogP contribution in [0, 0.1) is 6.92 Å². The summed E-state index contributed by atoms with van der Waals surface area (Å²) in [6.45, 7) is 6.81. The van der Waals surface area contributed by atoms with Crippen molar-refractivity contribution in [2.75, 3.05) is 31.5 Å². The number of carbonyl (C=O) groups is 2. The number of anilines is 1. The average molecular weight is 412 g/mol. The number of benzene rings is 1. The summed E-state index contributed by atoms with van der Waals surface area (Å²) in [7, 11) is -3.57. The smallest absolute Gasteiger partial charge is 0.279 e. The lowest BCUT2D eigenvalue weighted by Gasteiger charge is -2.26. The van der Waals surface area contributed by atoms with Crippen LogP contribution in [-0.2, 0) is 19.6 Å². The highest BCUT2D eigenvalue weighted by molar-refractivity contribution is 7.89. The number of sulfonamides is 1. The summed E-state index contributed by atoms with van der Waals surface area (Å²) >= 11 is 0. The number of carbonyl (C=O) groups excluding carboxylic acids is 2. The van der Waals surface area contributed by atoms with Crippen LogP contribution in [0.15, 0.2) is 23.1 Å². The summed E-state index contributed by atoms with van der Waals surface area (Å²) in [5.74, 6) is -0.761. The Morgan fingerprint density at radius 2 is 1.82 bits per heavy atom. The number of nitrogens with two attached hydrogens (primary N) is 1. The van der Waals surface area contributed by atoms with Crippen LogP contribution in [0.25, 0.3) is 0 Å². The van der Waals surface area contributed by atoms with E-state index in [9.17, 15) is 18.0 Å². The third-order valence-corrected chi connectivity index (χ3v) is 6.94. The fourth-order valence-corrected chi connectivity index (χ4v) is 4.79. The quantitative estimate of drug-likeness (QED) is 0.554. The van der Waals surface area contributed by atoms with Gasteiger partial charge in [0.05, 0.1) is 10.9 Å². The second-order valence-electron chi connectivity index (χ2n) is 7.62. The van der Waals surface area contributed by atoms with E-state index in [0.29, 0.717) is 18.8 Å². The van der Waals surface area contributed by atoms with Gasteiger partial charge >= 0.3 is 0 Å². The molecular formula is C19H31N4O4S+. The van der Waals surface area contributed by atoms with Gasteiger partial charge in [0.25, 0.3) is 11.8 Å². The Bertz CT molecular complexity index is 817. The molecule has 1 aliphatic rings. The van der Waals surface area contributed by atoms with E-state index in [1.807, 2.05) is 20.8 Å². The van der Waals surface area contributed by atoms with E-state index in [2.05, 4.69) is 5.32 Å². The fourth-order valence-electron chi connectivity index (χ4n) is 3.25. The Morgan fingerprint density at radius 1 is 1.18 bits per heavy atom. The largest absolute Gasteiger partial charge is 0.365 e. The Balaban J connectivity index is 2.16. The second kappa shape index (κ2) is 9.49. The molecule has 2 amide bonds. The summed E-state index contributed by atoms with van der Waals surface area (Å²) < 4.78 is 27.3. The third kappa shape index (κ3) is 5.76. The number of quaternary nitrogens is 1. The first kappa shape index (κ1) is 22.3. The van der Waals surface area contributed by atoms with Crippen LogP contribution in [-0.4, -0.2) is 56.8 Å². The topological polar surface area (TPSA) is 114 Å². The molecule has 1 aromatic rings. The number of hydrogen-bond acceptors (Lipinski definition) is 4. The monoisotopic (exact) mass is 411 g/mol. The van der Waals surface area contributed by atoms with Gasteiger partial charge in [0.15, 0.2) is 13.1 Å². The molecule has 1 unspecified atom stereocenters. The normalized spacial score (nSPS) is 16.7. The van der Waals surface area contributed by atoms with E-state index in [1.54, 1.807) is 12.1 Å². The number of piperidine rings is 1. The van der Waals surface area contributed by atoms with Crippen molar-refractivity contribution in [2.24, 2.45) is 5.73 Å². The molecule has 1 aromatic carbocycles. The van der Waals surface area contributed by atoms with Crippen LogP contribution in [0.1, 0.15) is 38.7 Å². The summed E-state index contributed by atoms with van der Waals surface area (Å²) in [6, 6.07) is 4.84. The van der Waals surface area contributed by atoms with Crippen LogP contribution in [0.5, 0.6) is 0 Å². The highest BCUT2D eigenvalue weighted by atomic mass is 32.2. The Kier molecular flexibility index (Phi) is 7.56. The van der Waals surface area contributed by atoms with Crippen LogP contribution >= 0.6 is 0 Å². The molecule has 1 heterocycles. The van der Waals surface area contributed by atoms with Crippen molar-refractivity contribution in [2.45, 2.75) is 51.0 Å². The Morgan fingerprint density at radius 3 is 2.39 bits per heavy atom. The molecule has 1 fully saturated rings. The van der Waals surface area contributed by atoms with Crippen molar-refractivity contribution in [1.82, 2.24) is 4.31 Å². The molecule has 0 saturated carbocycles. The minimum absolute atomic E-state index is 0.0464. The molecule has 0 aromatic heterocycles. The molecule has 1 saturated heterocycles. The van der Waals surface area contributed by atoms with Gasteiger partial charge in [-0.05, 0) is 51.3 Å². The number of nitrogens with zero attached hydrogens (tertiary/aromatic N) is 1. The third-order valence-electron chi connectivity index (χ3n) is 5.04. The van der Waals surface area contributed by atoms with Crippen LogP contribution in [0.3, 0.4) is 0 Å². The zero-order chi connectivity index (χ0) is 20.9. The van der Waals surface area contributed by atoms with Crippen molar-refractivity contribution in [3.63, 3.8) is 0 Å². The lowest BCUT2D eigenvalue weighted by atomic mass is 10.2. The van der Waals surface area contributed by atoms with Crippen LogP contribution < -0.4 is 16.0 Å². The second-order valence-corrected chi connectivity index (χ2v) is 9.56. The molecule has 4 N–H and O–H groups in total. The van der Waals surface area contributed by atoms with E-state index in [-0.39, 0.29) is 29.9 Å². The number of hydrogen-bond donors (Lipinski definition) is 3. The molecule has 156 valence electrons. The molecule has 0 spiro atoms. The highest BCUT2D eigenvalue weighted by Crippen LogP contribution is 2.25. The van der Waals surface area contributed by atoms with E-state index in [4.69, 9.17) is 5.73 Å². The SMILES string of the molecule is Cc1ccc(S(=O)(=O)N2CCCCC2)cc1NC(=O)C[NH+](CC(N)=O)C(C)C. The van der Waals surface area contributed by atoms with Crippen molar-refractivity contribution >= 4 is 27.5 Å². The van der Waals surface area contributed by atoms with Gasteiger partial charge < -0.3 is 16.0 Å². The minimum Gasteiger partial charge on any atom is -0.365 e. The summed E-state index contributed by atoms with van der Waals surface area (Å²) in [4.78, 5) is 24.6. The van der Waals surface area contributed by atoms with E-state index in [1.165, 1.54) is 10.4 Å². The molecule has 28 heavy (non-hydrogen) atoms. The van der Waals surface area contributed by atoms with Gasteiger partial charge in [-0.25, -0.2) is 8.42 Å². The van der Waals surface area contributed by atoms with Gasteiger partial charge in [0, 0.05) is 18.8 Å². The first-order valence-corrected chi connectivity index (χ1v) is 11.1. The standard InChI is InChI=1S/C19H30N4O4S/c1-14(2)22(12-18(20)24)13-19(25)21-17-11-16(8-7-15(17)3)28(26,27)23-9-5-4-6-10-23/h7-8,11,14H,4-6,9-10,12-13H2,1-3H3,(H2,20,24)(H,21,25)/p+1. The van der Waals surface area contributed by atoms with Gasteiger partial charge in [-0.1, -0.05) is 12.5 Å². The molecule has 8 nitrogen and oxygen atoms in total. The van der Waals surface area contributed by atoms with Crippen molar-refractivity contribution in [3.8, 4) is 0 Å². The average Bonchev–Trinajstić information content (AvgIpc) is 2.63. The number of aryl methyl sites for hydroxylation is 1. The Hall–Kier alpha value is -1.97. The summed E-state index contributed by atoms with van der Waals surface area (Å²) in [6.07, 6.45) is 2.77. The van der Waals surface area contributed by atoms with Crippen molar-refractivity contribution in [1.29, 1.82) is 0 Å². The van der Waals surface area contributed by atoms with Gasteiger partial charge in [-0.15, -0.1) is 0 Å². The Labute approximate surface area is 167 Å². The number of rotatable bonds is 8. The van der Waals surface area contributed by atoms with Gasteiger partial charge in [0.2, 0.25) is 10.0 Å². The zero-order valence-electron chi connectivity index (χ0n) is 16.8. The first-order chi connectivity index (χ1) is 13.1. The van der Waals surface area contributed by atoms with Crippen molar-refractivity contribution in [3.05, 3.63) is 23.8 Å². The summed E-state index contributed by atoms with van der Waals surface area (Å²) in [5, 5.41) is 2.79.